The molecule has 2 saturated carbocycles. The lowest BCUT2D eigenvalue weighted by molar-refractivity contribution is 0.218. The molecule has 0 saturated heterocycles. The van der Waals surface area contributed by atoms with Gasteiger partial charge in [0, 0.05) is 19.1 Å². The summed E-state index contributed by atoms with van der Waals surface area (Å²) in [6.45, 7) is 9.83. The van der Waals surface area contributed by atoms with Crippen LogP contribution in [-0.4, -0.2) is 21.9 Å². The van der Waals surface area contributed by atoms with Crippen LogP contribution >= 0.6 is 11.6 Å². The predicted molar refractivity (Wildman–Crippen MR) is 87.7 cm³/mol. The van der Waals surface area contributed by atoms with E-state index in [0.29, 0.717) is 5.41 Å². The Balaban J connectivity index is 1.80. The van der Waals surface area contributed by atoms with Gasteiger partial charge >= 0.3 is 0 Å². The highest BCUT2D eigenvalue weighted by Crippen LogP contribution is 2.60. The molecule has 2 unspecified atom stereocenters. The molecule has 0 aliphatic heterocycles. The number of aryl methyl sites for hydroxylation is 2. The van der Waals surface area contributed by atoms with Crippen LogP contribution < -0.4 is 5.32 Å². The van der Waals surface area contributed by atoms with E-state index in [2.05, 4.69) is 31.2 Å². The summed E-state index contributed by atoms with van der Waals surface area (Å²) >= 11 is 6.49. The van der Waals surface area contributed by atoms with E-state index in [1.165, 1.54) is 25.0 Å². The lowest BCUT2D eigenvalue weighted by Crippen LogP contribution is -2.44. The number of rotatable bonds is 4. The Morgan fingerprint density at radius 1 is 1.33 bits per heavy atom. The first-order valence-corrected chi connectivity index (χ1v) is 8.50. The Kier molecular flexibility index (Phi) is 3.65. The summed E-state index contributed by atoms with van der Waals surface area (Å²) in [4.78, 5) is 0. The van der Waals surface area contributed by atoms with E-state index in [9.17, 15) is 0 Å². The van der Waals surface area contributed by atoms with Gasteiger partial charge < -0.3 is 5.32 Å². The first-order chi connectivity index (χ1) is 9.69. The highest BCUT2D eigenvalue weighted by atomic mass is 35.5. The zero-order chi connectivity index (χ0) is 15.4. The van der Waals surface area contributed by atoms with Crippen LogP contribution in [0.15, 0.2) is 0 Å². The zero-order valence-electron chi connectivity index (χ0n) is 14.0. The molecule has 0 amide bonds. The number of aromatic nitrogens is 2. The molecular weight excluding hydrogens is 282 g/mol. The molecule has 1 N–H and O–H groups in total. The van der Waals surface area contributed by atoms with Crippen molar-refractivity contribution in [2.75, 3.05) is 6.54 Å². The van der Waals surface area contributed by atoms with E-state index in [1.54, 1.807) is 0 Å². The normalized spacial score (nSPS) is 31.5. The molecule has 0 aromatic carbocycles. The van der Waals surface area contributed by atoms with Crippen molar-refractivity contribution in [3.05, 3.63) is 16.4 Å². The third kappa shape index (κ3) is 3.14. The van der Waals surface area contributed by atoms with Crippen molar-refractivity contribution < 1.29 is 0 Å². The van der Waals surface area contributed by atoms with Crippen LogP contribution in [0.1, 0.15) is 51.4 Å². The summed E-state index contributed by atoms with van der Waals surface area (Å²) in [5.74, 6) is 1.94. The van der Waals surface area contributed by atoms with Crippen LogP contribution in [0.25, 0.3) is 0 Å². The van der Waals surface area contributed by atoms with E-state index >= 15 is 0 Å². The standard InChI is InChI=1S/C17H28ClN3/c1-11-15(18)14(21(5)20-11)9-17(10-19-16(2,3)4)7-12-6-13(12)8-17/h12-13,19H,6-10H2,1-5H3. The first kappa shape index (κ1) is 15.4. The van der Waals surface area contributed by atoms with Crippen molar-refractivity contribution in [1.82, 2.24) is 15.1 Å². The number of nitrogens with one attached hydrogen (secondary N) is 1. The molecule has 1 aromatic heterocycles. The molecular formula is C17H28ClN3. The fourth-order valence-electron chi connectivity index (χ4n) is 4.04. The summed E-state index contributed by atoms with van der Waals surface area (Å²) in [6, 6.07) is 0. The van der Waals surface area contributed by atoms with Crippen LogP contribution in [0.4, 0.5) is 0 Å². The molecule has 0 spiro atoms. The van der Waals surface area contributed by atoms with Crippen molar-refractivity contribution in [2.45, 2.75) is 58.9 Å². The summed E-state index contributed by atoms with van der Waals surface area (Å²) < 4.78 is 1.99. The van der Waals surface area contributed by atoms with Gasteiger partial charge in [-0.15, -0.1) is 0 Å². The van der Waals surface area contributed by atoms with Crippen molar-refractivity contribution >= 4 is 11.6 Å². The maximum absolute atomic E-state index is 6.49. The summed E-state index contributed by atoms with van der Waals surface area (Å²) in [7, 11) is 2.02. The molecule has 4 heteroatoms. The van der Waals surface area contributed by atoms with Crippen molar-refractivity contribution in [1.29, 1.82) is 0 Å². The first-order valence-electron chi connectivity index (χ1n) is 8.12. The smallest absolute Gasteiger partial charge is 0.0847 e. The van der Waals surface area contributed by atoms with Gasteiger partial charge in [0.25, 0.3) is 0 Å². The molecule has 0 bridgehead atoms. The minimum atomic E-state index is 0.173. The van der Waals surface area contributed by atoms with Crippen LogP contribution in [0.5, 0.6) is 0 Å². The highest BCUT2D eigenvalue weighted by molar-refractivity contribution is 6.31. The van der Waals surface area contributed by atoms with Crippen molar-refractivity contribution in [2.24, 2.45) is 24.3 Å². The average molecular weight is 310 g/mol. The minimum absolute atomic E-state index is 0.173. The Morgan fingerprint density at radius 2 is 1.95 bits per heavy atom. The van der Waals surface area contributed by atoms with Gasteiger partial charge in [-0.3, -0.25) is 4.68 Å². The van der Waals surface area contributed by atoms with E-state index in [-0.39, 0.29) is 5.54 Å². The molecule has 2 aliphatic carbocycles. The molecule has 2 atom stereocenters. The zero-order valence-corrected chi connectivity index (χ0v) is 14.7. The lowest BCUT2D eigenvalue weighted by atomic mass is 9.78. The highest BCUT2D eigenvalue weighted by Gasteiger charge is 2.53. The lowest BCUT2D eigenvalue weighted by Gasteiger charge is -2.35. The minimum Gasteiger partial charge on any atom is -0.312 e. The summed E-state index contributed by atoms with van der Waals surface area (Å²) in [5.41, 5.74) is 2.71. The van der Waals surface area contributed by atoms with Gasteiger partial charge in [-0.1, -0.05) is 11.6 Å². The molecule has 3 rings (SSSR count). The summed E-state index contributed by atoms with van der Waals surface area (Å²) in [6.07, 6.45) is 5.21. The third-order valence-corrected chi connectivity index (χ3v) is 5.75. The molecule has 1 heterocycles. The molecule has 1 aromatic rings. The van der Waals surface area contributed by atoms with Crippen LogP contribution in [0, 0.1) is 24.2 Å². The third-order valence-electron chi connectivity index (χ3n) is 5.26. The van der Waals surface area contributed by atoms with Gasteiger partial charge in [0.15, 0.2) is 0 Å². The Labute approximate surface area is 133 Å². The summed E-state index contributed by atoms with van der Waals surface area (Å²) in [5, 5.41) is 9.09. The monoisotopic (exact) mass is 309 g/mol. The Bertz CT molecular complexity index is 531. The van der Waals surface area contributed by atoms with Crippen LogP contribution in [-0.2, 0) is 13.5 Å². The predicted octanol–water partition coefficient (Wildman–Crippen LogP) is 3.73. The van der Waals surface area contributed by atoms with Gasteiger partial charge in [-0.25, -0.2) is 0 Å². The second-order valence-electron chi connectivity index (χ2n) is 8.41. The molecule has 2 fully saturated rings. The van der Waals surface area contributed by atoms with Gasteiger partial charge in [-0.05, 0) is 70.6 Å². The number of nitrogens with zero attached hydrogens (tertiary/aromatic N) is 2. The number of halogens is 1. The van der Waals surface area contributed by atoms with E-state index < -0.39 is 0 Å². The molecule has 118 valence electrons. The molecule has 0 radical (unpaired) electrons. The second-order valence-corrected chi connectivity index (χ2v) is 8.79. The van der Waals surface area contributed by atoms with Crippen LogP contribution in [0.3, 0.4) is 0 Å². The van der Waals surface area contributed by atoms with Gasteiger partial charge in [-0.2, -0.15) is 5.10 Å². The second kappa shape index (κ2) is 4.99. The fraction of sp³-hybridized carbons (Fsp3) is 0.824. The van der Waals surface area contributed by atoms with Crippen molar-refractivity contribution in [3.63, 3.8) is 0 Å². The van der Waals surface area contributed by atoms with Crippen molar-refractivity contribution in [3.8, 4) is 0 Å². The Morgan fingerprint density at radius 3 is 2.43 bits per heavy atom. The van der Waals surface area contributed by atoms with Gasteiger partial charge in [0.05, 0.1) is 16.4 Å². The average Bonchev–Trinajstić information content (AvgIpc) is 2.92. The Hall–Kier alpha value is -0.540. The molecule has 21 heavy (non-hydrogen) atoms. The van der Waals surface area contributed by atoms with E-state index in [4.69, 9.17) is 11.6 Å². The van der Waals surface area contributed by atoms with E-state index in [0.717, 1.165) is 35.5 Å². The van der Waals surface area contributed by atoms with Crippen LogP contribution in [0.2, 0.25) is 5.02 Å². The number of hydrogen-bond donors (Lipinski definition) is 1. The maximum atomic E-state index is 6.49. The van der Waals surface area contributed by atoms with E-state index in [1.807, 2.05) is 18.7 Å². The molecule has 2 aliphatic rings. The topological polar surface area (TPSA) is 29.9 Å². The number of hydrogen-bond acceptors (Lipinski definition) is 2. The largest absolute Gasteiger partial charge is 0.312 e. The van der Waals surface area contributed by atoms with Gasteiger partial charge in [0.1, 0.15) is 0 Å². The fourth-order valence-corrected chi connectivity index (χ4v) is 4.26. The van der Waals surface area contributed by atoms with Gasteiger partial charge in [0.2, 0.25) is 0 Å². The molecule has 3 nitrogen and oxygen atoms in total. The quantitative estimate of drug-likeness (QED) is 0.918. The number of fused-ring (bicyclic) bond motifs is 1. The maximum Gasteiger partial charge on any atom is 0.0847 e. The SMILES string of the molecule is Cc1nn(C)c(CC2(CNC(C)(C)C)CC3CC3C2)c1Cl.